The van der Waals surface area contributed by atoms with E-state index in [4.69, 9.17) is 10.2 Å². The number of halogens is 2. The van der Waals surface area contributed by atoms with Crippen LogP contribution in [-0.4, -0.2) is 34.3 Å². The van der Waals surface area contributed by atoms with Gasteiger partial charge in [-0.1, -0.05) is 24.5 Å². The zero-order valence-electron chi connectivity index (χ0n) is 21.8. The summed E-state index contributed by atoms with van der Waals surface area (Å²) in [4.78, 5) is 15.2. The first-order chi connectivity index (χ1) is 19.4. The molecule has 210 valence electrons. The topological polar surface area (TPSA) is 128 Å². The second-order valence-electron chi connectivity index (χ2n) is 9.87. The van der Waals surface area contributed by atoms with E-state index in [1.807, 2.05) is 0 Å². The van der Waals surface area contributed by atoms with E-state index in [1.54, 1.807) is 23.7 Å². The van der Waals surface area contributed by atoms with Crippen molar-refractivity contribution in [1.82, 2.24) is 14.8 Å². The maximum atomic E-state index is 14.8. The highest BCUT2D eigenvalue weighted by Gasteiger charge is 2.29. The van der Waals surface area contributed by atoms with Crippen LogP contribution in [0.3, 0.4) is 0 Å². The van der Waals surface area contributed by atoms with E-state index < -0.39 is 32.5 Å². The third-order valence-electron chi connectivity index (χ3n) is 6.50. The van der Waals surface area contributed by atoms with Gasteiger partial charge in [0.2, 0.25) is 15.2 Å². The molecule has 2 aromatic heterocycles. The Morgan fingerprint density at radius 2 is 1.98 bits per heavy atom. The monoisotopic (exact) mass is 594 g/mol. The van der Waals surface area contributed by atoms with Gasteiger partial charge in [0.25, 0.3) is 0 Å². The average molecular weight is 595 g/mol. The van der Waals surface area contributed by atoms with Crippen molar-refractivity contribution in [1.29, 1.82) is 0 Å². The highest BCUT2D eigenvalue weighted by atomic mass is 32.2. The lowest BCUT2D eigenvalue weighted by atomic mass is 9.96. The zero-order chi connectivity index (χ0) is 29.5. The molecule has 0 saturated heterocycles. The second-order valence-corrected chi connectivity index (χ2v) is 12.2. The van der Waals surface area contributed by atoms with Crippen LogP contribution in [0.4, 0.5) is 8.78 Å². The van der Waals surface area contributed by atoms with Crippen molar-refractivity contribution in [2.45, 2.75) is 37.5 Å². The minimum atomic E-state index is -4.25. The molecule has 5 rings (SSSR count). The number of carbonyl (C=O) groups is 1. The number of aromatic nitrogens is 3. The zero-order valence-corrected chi connectivity index (χ0v) is 23.5. The molecule has 0 aliphatic heterocycles. The summed E-state index contributed by atoms with van der Waals surface area (Å²) in [5.41, 5.74) is 3.49. The van der Waals surface area contributed by atoms with Gasteiger partial charge in [-0.05, 0) is 73.6 Å². The molecule has 0 bridgehead atoms. The van der Waals surface area contributed by atoms with Gasteiger partial charge in [-0.2, -0.15) is 5.10 Å². The summed E-state index contributed by atoms with van der Waals surface area (Å²) in [5.74, 6) is 3.26. The number of sulfonamides is 1. The summed E-state index contributed by atoms with van der Waals surface area (Å²) in [6.45, 7) is 5.44. The third kappa shape index (κ3) is 6.27. The normalized spacial score (nSPS) is 13.1. The molecular formula is C29H24F2N4O4S2. The number of nitrogens with two attached hydrogens (primary N) is 1. The molecule has 1 fully saturated rings. The van der Waals surface area contributed by atoms with Crippen LogP contribution in [0.5, 0.6) is 0 Å². The summed E-state index contributed by atoms with van der Waals surface area (Å²) in [5, 5.41) is 21.1. The third-order valence-corrected chi connectivity index (χ3v) is 8.26. The predicted octanol–water partition coefficient (Wildman–Crippen LogP) is 5.09. The minimum Gasteiger partial charge on any atom is -0.476 e. The van der Waals surface area contributed by atoms with Crippen molar-refractivity contribution >= 4 is 27.3 Å². The Balaban J connectivity index is 1.71. The van der Waals surface area contributed by atoms with Gasteiger partial charge in [0.15, 0.2) is 5.69 Å². The van der Waals surface area contributed by atoms with Crippen LogP contribution in [-0.2, 0) is 22.9 Å². The van der Waals surface area contributed by atoms with Crippen LogP contribution < -0.4 is 5.14 Å². The maximum Gasteiger partial charge on any atom is 0.355 e. The fourth-order valence-electron chi connectivity index (χ4n) is 4.36. The van der Waals surface area contributed by atoms with Crippen LogP contribution >= 0.6 is 11.3 Å². The molecule has 3 N–H and O–H groups in total. The molecule has 41 heavy (non-hydrogen) atoms. The smallest absolute Gasteiger partial charge is 0.355 e. The van der Waals surface area contributed by atoms with Crippen molar-refractivity contribution < 1.29 is 27.1 Å². The fraction of sp³-hybridized carbons (Fsp3) is 0.207. The molecule has 0 spiro atoms. The van der Waals surface area contributed by atoms with Gasteiger partial charge in [0, 0.05) is 22.9 Å². The summed E-state index contributed by atoms with van der Waals surface area (Å²) in [6, 6.07) is 8.12. The molecule has 0 unspecified atom stereocenters. The number of carboxylic acids is 1. The molecule has 1 aliphatic rings. The highest BCUT2D eigenvalue weighted by molar-refractivity contribution is 7.89. The van der Waals surface area contributed by atoms with E-state index >= 15 is 0 Å². The molecule has 1 aliphatic carbocycles. The summed E-state index contributed by atoms with van der Waals surface area (Å²) in [6.07, 6.45) is 2.77. The van der Waals surface area contributed by atoms with Crippen molar-refractivity contribution in [3.8, 4) is 28.2 Å². The largest absolute Gasteiger partial charge is 0.476 e. The molecule has 0 atom stereocenters. The number of allylic oxidation sites excluding steroid dienone is 1. The number of primary sulfonamides is 1. The Morgan fingerprint density at radius 3 is 2.59 bits per heavy atom. The molecule has 0 amide bonds. The lowest BCUT2D eigenvalue weighted by Gasteiger charge is -2.10. The first-order valence-electron chi connectivity index (χ1n) is 12.5. The Morgan fingerprint density at radius 1 is 1.22 bits per heavy atom. The van der Waals surface area contributed by atoms with E-state index in [0.29, 0.717) is 45.4 Å². The number of nitrogens with zero attached hydrogens (tertiary/aromatic N) is 3. The molecule has 2 heterocycles. The Labute approximate surface area is 239 Å². The van der Waals surface area contributed by atoms with Gasteiger partial charge in [-0.15, -0.1) is 11.3 Å². The molecule has 1 saturated carbocycles. The fourth-order valence-corrected chi connectivity index (χ4v) is 5.72. The summed E-state index contributed by atoms with van der Waals surface area (Å²) in [7, 11) is -4.25. The van der Waals surface area contributed by atoms with Crippen LogP contribution in [0.25, 0.3) is 16.4 Å². The van der Waals surface area contributed by atoms with Gasteiger partial charge in [-0.3, -0.25) is 0 Å². The standard InChI is InChI=1S/C29H24F2N4O4S2/c1-16(2)3-7-19-14-20(8-9-22(19)30)27-21(11-18-6-10-26(23(31)12-18)41(32,38)39)25(13-17-4-5-17)35(34-27)29-33-24(15-40-29)28(36)37/h6,8-10,12,14-15,17H,1,4-5,11,13H2,2H3,(H,36,37)(H2,32,38,39). The highest BCUT2D eigenvalue weighted by Crippen LogP contribution is 2.38. The van der Waals surface area contributed by atoms with Crippen LogP contribution in [0.2, 0.25) is 0 Å². The number of aromatic carboxylic acids is 1. The molecule has 12 heteroatoms. The van der Waals surface area contributed by atoms with Crippen molar-refractivity contribution in [2.24, 2.45) is 11.1 Å². The van der Waals surface area contributed by atoms with Gasteiger partial charge in [-0.25, -0.2) is 36.8 Å². The van der Waals surface area contributed by atoms with Crippen LogP contribution in [0.15, 0.2) is 58.8 Å². The average Bonchev–Trinajstić information content (AvgIpc) is 3.45. The molecule has 0 radical (unpaired) electrons. The second kappa shape index (κ2) is 11.0. The molecular weight excluding hydrogens is 570 g/mol. The van der Waals surface area contributed by atoms with Crippen LogP contribution in [0, 0.1) is 29.4 Å². The van der Waals surface area contributed by atoms with Crippen molar-refractivity contribution in [3.05, 3.63) is 93.6 Å². The lowest BCUT2D eigenvalue weighted by molar-refractivity contribution is 0.0691. The summed E-state index contributed by atoms with van der Waals surface area (Å²) >= 11 is 1.12. The van der Waals surface area contributed by atoms with E-state index in [2.05, 4.69) is 23.4 Å². The number of rotatable bonds is 8. The van der Waals surface area contributed by atoms with E-state index in [0.717, 1.165) is 42.0 Å². The Bertz CT molecular complexity index is 1880. The molecule has 8 nitrogen and oxygen atoms in total. The summed E-state index contributed by atoms with van der Waals surface area (Å²) < 4.78 is 54.5. The number of hydrogen-bond acceptors (Lipinski definition) is 6. The van der Waals surface area contributed by atoms with Gasteiger partial charge in [0.1, 0.15) is 16.5 Å². The first-order valence-corrected chi connectivity index (χ1v) is 14.9. The van der Waals surface area contributed by atoms with Crippen molar-refractivity contribution in [2.75, 3.05) is 0 Å². The number of hydrogen-bond donors (Lipinski definition) is 2. The maximum absolute atomic E-state index is 14.8. The Hall–Kier alpha value is -4.18. The number of thiazole rings is 1. The van der Waals surface area contributed by atoms with Crippen molar-refractivity contribution in [3.63, 3.8) is 0 Å². The number of benzene rings is 2. The molecule has 2 aromatic carbocycles. The SMILES string of the molecule is C=C(C)C#Cc1cc(-c2nn(-c3nc(C(=O)O)cs3)c(CC3CC3)c2Cc2ccc(S(N)(=O)=O)c(F)c2)ccc1F. The first kappa shape index (κ1) is 28.4. The molecule has 4 aromatic rings. The Kier molecular flexibility index (Phi) is 7.61. The lowest BCUT2D eigenvalue weighted by Crippen LogP contribution is -2.14. The minimum absolute atomic E-state index is 0.124. The van der Waals surface area contributed by atoms with E-state index in [-0.39, 0.29) is 17.7 Å². The van der Waals surface area contributed by atoms with Gasteiger partial charge in [0.05, 0.1) is 17.0 Å². The quantitative estimate of drug-likeness (QED) is 0.274. The predicted molar refractivity (Wildman–Crippen MR) is 150 cm³/mol. The number of carboxylic acid groups (broad SMARTS) is 1. The van der Waals surface area contributed by atoms with Gasteiger partial charge < -0.3 is 5.11 Å². The van der Waals surface area contributed by atoms with Crippen LogP contribution in [0.1, 0.15) is 52.6 Å². The van der Waals surface area contributed by atoms with E-state index in [9.17, 15) is 27.1 Å². The van der Waals surface area contributed by atoms with Gasteiger partial charge >= 0.3 is 5.97 Å². The van der Waals surface area contributed by atoms with E-state index in [1.165, 1.54) is 17.5 Å².